The number of hydrogen-bond donors (Lipinski definition) is 2. The van der Waals surface area contributed by atoms with E-state index in [0.717, 1.165) is 0 Å². The molecule has 1 rings (SSSR count). The van der Waals surface area contributed by atoms with Gasteiger partial charge in [0.15, 0.2) is 0 Å². The Kier molecular flexibility index (Phi) is 4.80. The molecule has 0 bridgehead atoms. The molecule has 0 aliphatic carbocycles. The Morgan fingerprint density at radius 2 is 2.00 bits per heavy atom. The van der Waals surface area contributed by atoms with Gasteiger partial charge in [0.1, 0.15) is 5.82 Å². The molecule has 0 heterocycles. The number of carbonyl (C=O) groups is 2. The normalized spacial score (nSPS) is 11.5. The number of carbonyl (C=O) groups excluding carboxylic acids is 1. The van der Waals surface area contributed by atoms with E-state index in [1.165, 1.54) is 18.2 Å². The lowest BCUT2D eigenvalue weighted by Crippen LogP contribution is -2.44. The van der Waals surface area contributed by atoms with Crippen LogP contribution in [0.3, 0.4) is 0 Å². The SMILES string of the molecule is CC(C)(CC(=O)O)NC(=O)C=Cc1ccccc1F. The van der Waals surface area contributed by atoms with Crippen LogP contribution < -0.4 is 5.32 Å². The van der Waals surface area contributed by atoms with Crippen LogP contribution >= 0.6 is 0 Å². The maximum Gasteiger partial charge on any atom is 0.305 e. The van der Waals surface area contributed by atoms with Gasteiger partial charge in [-0.25, -0.2) is 4.39 Å². The van der Waals surface area contributed by atoms with Crippen molar-refractivity contribution >= 4 is 18.0 Å². The molecule has 102 valence electrons. The van der Waals surface area contributed by atoms with Crippen LogP contribution in [0.15, 0.2) is 30.3 Å². The van der Waals surface area contributed by atoms with Crippen LogP contribution in [0.2, 0.25) is 0 Å². The summed E-state index contributed by atoms with van der Waals surface area (Å²) in [5.41, 5.74) is -0.559. The Morgan fingerprint density at radius 1 is 1.37 bits per heavy atom. The summed E-state index contributed by atoms with van der Waals surface area (Å²) in [4.78, 5) is 22.2. The van der Waals surface area contributed by atoms with E-state index >= 15 is 0 Å². The zero-order chi connectivity index (χ0) is 14.5. The first kappa shape index (κ1) is 14.9. The van der Waals surface area contributed by atoms with Gasteiger partial charge in [0, 0.05) is 17.2 Å². The lowest BCUT2D eigenvalue weighted by atomic mass is 10.0. The first-order valence-electron chi connectivity index (χ1n) is 5.77. The van der Waals surface area contributed by atoms with Crippen molar-refractivity contribution in [2.75, 3.05) is 0 Å². The summed E-state index contributed by atoms with van der Waals surface area (Å²) in [6, 6.07) is 6.06. The van der Waals surface area contributed by atoms with E-state index in [4.69, 9.17) is 5.11 Å². The number of rotatable bonds is 5. The van der Waals surface area contributed by atoms with Gasteiger partial charge in [-0.2, -0.15) is 0 Å². The van der Waals surface area contributed by atoms with Crippen LogP contribution in [0.5, 0.6) is 0 Å². The van der Waals surface area contributed by atoms with Crippen molar-refractivity contribution < 1.29 is 19.1 Å². The Morgan fingerprint density at radius 3 is 2.58 bits per heavy atom. The number of amides is 1. The van der Waals surface area contributed by atoms with Crippen molar-refractivity contribution in [3.05, 3.63) is 41.7 Å². The highest BCUT2D eigenvalue weighted by Crippen LogP contribution is 2.10. The average Bonchev–Trinajstić information content (AvgIpc) is 2.25. The molecule has 1 amide bonds. The number of carboxylic acids is 1. The molecule has 0 saturated carbocycles. The maximum atomic E-state index is 13.3. The van der Waals surface area contributed by atoms with E-state index in [1.807, 2.05) is 0 Å². The van der Waals surface area contributed by atoms with Crippen molar-refractivity contribution in [3.8, 4) is 0 Å². The van der Waals surface area contributed by atoms with Crippen LogP contribution in [0, 0.1) is 5.82 Å². The van der Waals surface area contributed by atoms with Gasteiger partial charge in [-0.15, -0.1) is 0 Å². The quantitative estimate of drug-likeness (QED) is 0.802. The second-order valence-electron chi connectivity index (χ2n) is 4.80. The predicted molar refractivity (Wildman–Crippen MR) is 69.9 cm³/mol. The van der Waals surface area contributed by atoms with Crippen molar-refractivity contribution in [2.24, 2.45) is 0 Å². The van der Waals surface area contributed by atoms with E-state index in [1.54, 1.807) is 32.0 Å². The molecule has 0 saturated heterocycles. The van der Waals surface area contributed by atoms with Crippen LogP contribution in [0.4, 0.5) is 4.39 Å². The molecular formula is C14H16FNO3. The highest BCUT2D eigenvalue weighted by Gasteiger charge is 2.22. The van der Waals surface area contributed by atoms with Gasteiger partial charge in [-0.05, 0) is 26.0 Å². The topological polar surface area (TPSA) is 66.4 Å². The summed E-state index contributed by atoms with van der Waals surface area (Å²) in [7, 11) is 0. The summed E-state index contributed by atoms with van der Waals surface area (Å²) in [6.07, 6.45) is 2.34. The van der Waals surface area contributed by atoms with Gasteiger partial charge in [-0.3, -0.25) is 9.59 Å². The molecule has 19 heavy (non-hydrogen) atoms. The summed E-state index contributed by atoms with van der Waals surface area (Å²) in [5, 5.41) is 11.2. The molecule has 4 nitrogen and oxygen atoms in total. The smallest absolute Gasteiger partial charge is 0.305 e. The Balaban J connectivity index is 2.66. The molecule has 0 aliphatic rings. The third kappa shape index (κ3) is 5.33. The van der Waals surface area contributed by atoms with E-state index in [0.29, 0.717) is 5.56 Å². The highest BCUT2D eigenvalue weighted by molar-refractivity contribution is 5.92. The van der Waals surface area contributed by atoms with E-state index in [2.05, 4.69) is 5.32 Å². The van der Waals surface area contributed by atoms with Crippen molar-refractivity contribution in [1.82, 2.24) is 5.32 Å². The highest BCUT2D eigenvalue weighted by atomic mass is 19.1. The zero-order valence-electron chi connectivity index (χ0n) is 10.8. The molecule has 0 radical (unpaired) electrons. The second kappa shape index (κ2) is 6.13. The Bertz CT molecular complexity index is 509. The van der Waals surface area contributed by atoms with Gasteiger partial charge in [0.2, 0.25) is 5.91 Å². The van der Waals surface area contributed by atoms with Crippen molar-refractivity contribution in [1.29, 1.82) is 0 Å². The molecule has 0 fully saturated rings. The van der Waals surface area contributed by atoms with Crippen molar-refractivity contribution in [2.45, 2.75) is 25.8 Å². The first-order valence-corrected chi connectivity index (χ1v) is 5.77. The molecule has 5 heteroatoms. The molecule has 0 atom stereocenters. The average molecular weight is 265 g/mol. The third-order valence-electron chi connectivity index (χ3n) is 2.37. The van der Waals surface area contributed by atoms with Gasteiger partial charge in [0.05, 0.1) is 6.42 Å². The number of nitrogens with one attached hydrogen (secondary N) is 1. The van der Waals surface area contributed by atoms with E-state index < -0.39 is 23.2 Å². The predicted octanol–water partition coefficient (Wildman–Crippen LogP) is 2.21. The molecule has 0 aromatic heterocycles. The number of carboxylic acid groups (broad SMARTS) is 1. The van der Waals surface area contributed by atoms with Crippen LogP contribution in [-0.2, 0) is 9.59 Å². The number of benzene rings is 1. The number of aliphatic carboxylic acids is 1. The monoisotopic (exact) mass is 265 g/mol. The lowest BCUT2D eigenvalue weighted by molar-refractivity contribution is -0.138. The Hall–Kier alpha value is -2.17. The number of halogens is 1. The zero-order valence-corrected chi connectivity index (χ0v) is 10.8. The van der Waals surface area contributed by atoms with E-state index in [-0.39, 0.29) is 6.42 Å². The first-order chi connectivity index (χ1) is 8.80. The standard InChI is InChI=1S/C14H16FNO3/c1-14(2,9-13(18)19)16-12(17)8-7-10-5-3-4-6-11(10)15/h3-8H,9H2,1-2H3,(H,16,17)(H,18,19). The minimum Gasteiger partial charge on any atom is -0.481 e. The molecule has 0 aliphatic heterocycles. The van der Waals surface area contributed by atoms with Crippen LogP contribution in [0.25, 0.3) is 6.08 Å². The fourth-order valence-electron chi connectivity index (χ4n) is 1.57. The third-order valence-corrected chi connectivity index (χ3v) is 2.37. The minimum absolute atomic E-state index is 0.188. The number of hydrogen-bond acceptors (Lipinski definition) is 2. The fraction of sp³-hybridized carbons (Fsp3) is 0.286. The van der Waals surface area contributed by atoms with Gasteiger partial charge < -0.3 is 10.4 Å². The molecule has 1 aromatic rings. The largest absolute Gasteiger partial charge is 0.481 e. The van der Waals surface area contributed by atoms with Gasteiger partial charge in [0.25, 0.3) is 0 Å². The van der Waals surface area contributed by atoms with Gasteiger partial charge >= 0.3 is 5.97 Å². The summed E-state index contributed by atoms with van der Waals surface area (Å²) in [6.45, 7) is 3.21. The van der Waals surface area contributed by atoms with Crippen molar-refractivity contribution in [3.63, 3.8) is 0 Å². The molecule has 2 N–H and O–H groups in total. The summed E-state index contributed by atoms with van der Waals surface area (Å²) in [5.74, 6) is -1.88. The maximum absolute atomic E-state index is 13.3. The summed E-state index contributed by atoms with van der Waals surface area (Å²) < 4.78 is 13.3. The minimum atomic E-state index is -0.997. The van der Waals surface area contributed by atoms with Crippen LogP contribution in [0.1, 0.15) is 25.8 Å². The second-order valence-corrected chi connectivity index (χ2v) is 4.80. The molecule has 0 spiro atoms. The fourth-order valence-corrected chi connectivity index (χ4v) is 1.57. The lowest BCUT2D eigenvalue weighted by Gasteiger charge is -2.23. The van der Waals surface area contributed by atoms with Gasteiger partial charge in [-0.1, -0.05) is 18.2 Å². The summed E-state index contributed by atoms with van der Waals surface area (Å²) >= 11 is 0. The molecule has 1 aromatic carbocycles. The Labute approximate surface area is 110 Å². The molecular weight excluding hydrogens is 249 g/mol. The van der Waals surface area contributed by atoms with E-state index in [9.17, 15) is 14.0 Å². The molecule has 0 unspecified atom stereocenters. The van der Waals surface area contributed by atoms with Crippen LogP contribution in [-0.4, -0.2) is 22.5 Å².